The van der Waals surface area contributed by atoms with Gasteiger partial charge in [0.25, 0.3) is 5.91 Å². The van der Waals surface area contributed by atoms with Crippen LogP contribution in [-0.4, -0.2) is 11.9 Å². The number of hydrogen-bond donors (Lipinski definition) is 0. The molecule has 5 heteroatoms. The van der Waals surface area contributed by atoms with Gasteiger partial charge in [-0.2, -0.15) is 13.2 Å². The third-order valence-corrected chi connectivity index (χ3v) is 3.23. The van der Waals surface area contributed by atoms with Gasteiger partial charge in [-0.1, -0.05) is 18.2 Å². The number of anilines is 1. The summed E-state index contributed by atoms with van der Waals surface area (Å²) in [6.45, 7) is 3.71. The van der Waals surface area contributed by atoms with Crippen molar-refractivity contribution in [3.63, 3.8) is 0 Å². The van der Waals surface area contributed by atoms with Crippen LogP contribution in [0.5, 0.6) is 0 Å². The van der Waals surface area contributed by atoms with E-state index in [1.807, 2.05) is 32.0 Å². The Morgan fingerprint density at radius 1 is 0.955 bits per heavy atom. The highest BCUT2D eigenvalue weighted by atomic mass is 19.4. The van der Waals surface area contributed by atoms with E-state index >= 15 is 0 Å². The highest BCUT2D eigenvalue weighted by Gasteiger charge is 2.30. The summed E-state index contributed by atoms with van der Waals surface area (Å²) in [5.41, 5.74) is 0.174. The Bertz CT molecular complexity index is 633. The monoisotopic (exact) mass is 307 g/mol. The Balaban J connectivity index is 2.32. The van der Waals surface area contributed by atoms with Crippen LogP contribution in [-0.2, 0) is 6.18 Å². The topological polar surface area (TPSA) is 20.3 Å². The van der Waals surface area contributed by atoms with Crippen molar-refractivity contribution in [1.29, 1.82) is 0 Å². The summed E-state index contributed by atoms with van der Waals surface area (Å²) < 4.78 is 37.7. The van der Waals surface area contributed by atoms with Gasteiger partial charge in [-0.05, 0) is 50.2 Å². The Morgan fingerprint density at radius 2 is 1.50 bits per heavy atom. The van der Waals surface area contributed by atoms with Crippen molar-refractivity contribution in [2.75, 3.05) is 4.90 Å². The molecule has 2 nitrogen and oxygen atoms in total. The lowest BCUT2D eigenvalue weighted by molar-refractivity contribution is -0.137. The molecule has 0 aromatic heterocycles. The zero-order valence-corrected chi connectivity index (χ0v) is 12.3. The number of carbonyl (C=O) groups is 1. The van der Waals surface area contributed by atoms with Gasteiger partial charge < -0.3 is 4.90 Å². The predicted octanol–water partition coefficient (Wildman–Crippen LogP) is 4.76. The van der Waals surface area contributed by atoms with Crippen LogP contribution in [0.15, 0.2) is 54.6 Å². The Morgan fingerprint density at radius 3 is 1.95 bits per heavy atom. The first-order valence-corrected chi connectivity index (χ1v) is 6.86. The molecule has 0 N–H and O–H groups in total. The molecule has 0 aliphatic carbocycles. The van der Waals surface area contributed by atoms with Crippen molar-refractivity contribution in [1.82, 2.24) is 0 Å². The average molecular weight is 307 g/mol. The molecular weight excluding hydrogens is 291 g/mol. The molecule has 0 atom stereocenters. The van der Waals surface area contributed by atoms with Crippen LogP contribution in [0.1, 0.15) is 29.8 Å². The average Bonchev–Trinajstić information content (AvgIpc) is 2.47. The second kappa shape index (κ2) is 6.22. The van der Waals surface area contributed by atoms with E-state index in [4.69, 9.17) is 0 Å². The molecule has 0 heterocycles. The summed E-state index contributed by atoms with van der Waals surface area (Å²) in [6, 6.07) is 13.2. The number of hydrogen-bond acceptors (Lipinski definition) is 1. The number of para-hydroxylation sites is 1. The SMILES string of the molecule is CC(C)N(C(=O)c1ccc(C(F)(F)F)cc1)c1ccccc1. The highest BCUT2D eigenvalue weighted by Crippen LogP contribution is 2.29. The molecule has 22 heavy (non-hydrogen) atoms. The molecule has 0 aliphatic rings. The molecule has 0 unspecified atom stereocenters. The molecule has 0 radical (unpaired) electrons. The van der Waals surface area contributed by atoms with Gasteiger partial charge in [0, 0.05) is 17.3 Å². The fraction of sp³-hybridized carbons (Fsp3) is 0.235. The first kappa shape index (κ1) is 16.1. The fourth-order valence-electron chi connectivity index (χ4n) is 2.18. The molecule has 0 bridgehead atoms. The van der Waals surface area contributed by atoms with Gasteiger partial charge in [0.05, 0.1) is 5.56 Å². The van der Waals surface area contributed by atoms with Gasteiger partial charge in [-0.15, -0.1) is 0 Å². The molecule has 0 aliphatic heterocycles. The van der Waals surface area contributed by atoms with Crippen LogP contribution >= 0.6 is 0 Å². The minimum absolute atomic E-state index is 0.114. The van der Waals surface area contributed by atoms with Gasteiger partial charge >= 0.3 is 6.18 Å². The van der Waals surface area contributed by atoms with Crippen molar-refractivity contribution in [2.45, 2.75) is 26.1 Å². The molecule has 1 amide bonds. The number of amides is 1. The maximum Gasteiger partial charge on any atom is 0.416 e. The van der Waals surface area contributed by atoms with Crippen LogP contribution in [0.3, 0.4) is 0 Å². The van der Waals surface area contributed by atoms with Gasteiger partial charge in [0.1, 0.15) is 0 Å². The summed E-state index contributed by atoms with van der Waals surface area (Å²) in [4.78, 5) is 14.2. The number of alkyl halides is 3. The third kappa shape index (κ3) is 3.47. The molecule has 0 spiro atoms. The smallest absolute Gasteiger partial charge is 0.306 e. The fourth-order valence-corrected chi connectivity index (χ4v) is 2.18. The highest BCUT2D eigenvalue weighted by molar-refractivity contribution is 6.06. The second-order valence-corrected chi connectivity index (χ2v) is 5.18. The number of carbonyl (C=O) groups excluding carboxylic acids is 1. The Labute approximate surface area is 127 Å². The molecule has 2 aromatic rings. The van der Waals surface area contributed by atoms with Crippen LogP contribution in [0.4, 0.5) is 18.9 Å². The summed E-state index contributed by atoms with van der Waals surface area (Å²) in [5, 5.41) is 0. The Hall–Kier alpha value is -2.30. The van der Waals surface area contributed by atoms with Crippen LogP contribution in [0, 0.1) is 0 Å². The first-order valence-electron chi connectivity index (χ1n) is 6.86. The van der Waals surface area contributed by atoms with E-state index in [0.29, 0.717) is 5.69 Å². The number of halogens is 3. The van der Waals surface area contributed by atoms with E-state index in [-0.39, 0.29) is 17.5 Å². The van der Waals surface area contributed by atoms with Crippen LogP contribution < -0.4 is 4.90 Å². The van der Waals surface area contributed by atoms with E-state index in [9.17, 15) is 18.0 Å². The zero-order chi connectivity index (χ0) is 16.3. The van der Waals surface area contributed by atoms with E-state index < -0.39 is 11.7 Å². The molecule has 2 aromatic carbocycles. The van der Waals surface area contributed by atoms with Gasteiger partial charge in [0.2, 0.25) is 0 Å². The molecule has 0 fully saturated rings. The zero-order valence-electron chi connectivity index (χ0n) is 12.3. The van der Waals surface area contributed by atoms with Gasteiger partial charge in [-0.25, -0.2) is 0 Å². The summed E-state index contributed by atoms with van der Waals surface area (Å²) in [7, 11) is 0. The standard InChI is InChI=1S/C17H16F3NO/c1-12(2)21(15-6-4-3-5-7-15)16(22)13-8-10-14(11-9-13)17(18,19)20/h3-12H,1-2H3. The molecule has 116 valence electrons. The third-order valence-electron chi connectivity index (χ3n) is 3.23. The minimum atomic E-state index is -4.40. The van der Waals surface area contributed by atoms with E-state index in [0.717, 1.165) is 12.1 Å². The maximum atomic E-state index is 12.6. The molecular formula is C17H16F3NO. The Kier molecular flexibility index (Phi) is 4.54. The first-order chi connectivity index (χ1) is 10.3. The molecule has 0 saturated heterocycles. The van der Waals surface area contributed by atoms with Gasteiger partial charge in [0.15, 0.2) is 0 Å². The van der Waals surface area contributed by atoms with Crippen molar-refractivity contribution in [3.05, 3.63) is 65.7 Å². The number of nitrogens with zero attached hydrogens (tertiary/aromatic N) is 1. The molecule has 2 rings (SSSR count). The lowest BCUT2D eigenvalue weighted by atomic mass is 10.1. The summed E-state index contributed by atoms with van der Waals surface area (Å²) in [6.07, 6.45) is -4.40. The van der Waals surface area contributed by atoms with Crippen molar-refractivity contribution in [2.24, 2.45) is 0 Å². The van der Waals surface area contributed by atoms with E-state index in [1.54, 1.807) is 17.0 Å². The van der Waals surface area contributed by atoms with Crippen LogP contribution in [0.25, 0.3) is 0 Å². The van der Waals surface area contributed by atoms with E-state index in [1.165, 1.54) is 12.1 Å². The summed E-state index contributed by atoms with van der Waals surface area (Å²) in [5.74, 6) is -0.324. The van der Waals surface area contributed by atoms with Crippen molar-refractivity contribution in [3.8, 4) is 0 Å². The van der Waals surface area contributed by atoms with E-state index in [2.05, 4.69) is 0 Å². The summed E-state index contributed by atoms with van der Waals surface area (Å²) >= 11 is 0. The quantitative estimate of drug-likeness (QED) is 0.800. The van der Waals surface area contributed by atoms with Crippen molar-refractivity contribution >= 4 is 11.6 Å². The largest absolute Gasteiger partial charge is 0.416 e. The predicted molar refractivity (Wildman–Crippen MR) is 79.8 cm³/mol. The van der Waals surface area contributed by atoms with Crippen molar-refractivity contribution < 1.29 is 18.0 Å². The van der Waals surface area contributed by atoms with Crippen LogP contribution in [0.2, 0.25) is 0 Å². The second-order valence-electron chi connectivity index (χ2n) is 5.18. The minimum Gasteiger partial charge on any atom is -0.306 e. The normalized spacial score (nSPS) is 11.5. The number of benzene rings is 2. The molecule has 0 saturated carbocycles. The van der Waals surface area contributed by atoms with Gasteiger partial charge in [-0.3, -0.25) is 4.79 Å². The maximum absolute atomic E-state index is 12.6. The lowest BCUT2D eigenvalue weighted by Crippen LogP contribution is -2.37. The number of rotatable bonds is 3. The lowest BCUT2D eigenvalue weighted by Gasteiger charge is -2.27.